The van der Waals surface area contributed by atoms with Gasteiger partial charge in [-0.2, -0.15) is 0 Å². The topological polar surface area (TPSA) is 162 Å². The summed E-state index contributed by atoms with van der Waals surface area (Å²) in [7, 11) is 3.00. The van der Waals surface area contributed by atoms with E-state index in [1.54, 1.807) is 36.3 Å². The van der Waals surface area contributed by atoms with Gasteiger partial charge in [0.25, 0.3) is 11.4 Å². The Balaban J connectivity index is -0.000000620. The number of halogens is 3. The van der Waals surface area contributed by atoms with Crippen LogP contribution in [0.1, 0.15) is 48.5 Å². The number of anilines is 1. The summed E-state index contributed by atoms with van der Waals surface area (Å²) in [5.74, 6) is 1.02. The third-order valence-electron chi connectivity index (χ3n) is 6.40. The summed E-state index contributed by atoms with van der Waals surface area (Å²) in [4.78, 5) is 36.2. The summed E-state index contributed by atoms with van der Waals surface area (Å²) in [6.07, 6.45) is 1.77. The number of ether oxygens (including phenoxy) is 3. The Morgan fingerprint density at radius 1 is 0.792 bits per heavy atom. The number of benzene rings is 2. The Kier molecular flexibility index (Phi) is 25.6. The predicted octanol–water partition coefficient (Wildman–Crippen LogP) is 7.10. The molecule has 0 saturated carbocycles. The van der Waals surface area contributed by atoms with Gasteiger partial charge in [-0.3, -0.25) is 20.2 Å². The van der Waals surface area contributed by atoms with E-state index in [1.807, 2.05) is 25.7 Å². The average Bonchev–Trinajstić information content (AvgIpc) is 3.42. The average molecular weight is 789 g/mol. The van der Waals surface area contributed by atoms with E-state index in [9.17, 15) is 25.0 Å². The van der Waals surface area contributed by atoms with Crippen LogP contribution in [0.4, 0.5) is 21.9 Å². The van der Waals surface area contributed by atoms with E-state index in [4.69, 9.17) is 14.2 Å². The van der Waals surface area contributed by atoms with Crippen molar-refractivity contribution >= 4 is 63.9 Å². The summed E-state index contributed by atoms with van der Waals surface area (Å²) in [5, 5.41) is 28.1. The van der Waals surface area contributed by atoms with Crippen molar-refractivity contribution in [3.63, 3.8) is 0 Å². The van der Waals surface area contributed by atoms with E-state index in [-0.39, 0.29) is 62.1 Å². The molecule has 0 aliphatic carbocycles. The van der Waals surface area contributed by atoms with Crippen molar-refractivity contribution in [3.8, 4) is 11.5 Å². The van der Waals surface area contributed by atoms with Crippen LogP contribution in [0.25, 0.3) is 0 Å². The second kappa shape index (κ2) is 24.9. The van der Waals surface area contributed by atoms with Crippen LogP contribution in [0.15, 0.2) is 40.9 Å². The second-order valence-electron chi connectivity index (χ2n) is 10.8. The molecule has 0 spiro atoms. The highest BCUT2D eigenvalue weighted by Gasteiger charge is 2.25. The highest BCUT2D eigenvalue weighted by molar-refractivity contribution is 9.10. The molecule has 14 nitrogen and oxygen atoms in total. The molecule has 0 aromatic heterocycles. The minimum Gasteiger partial charge on any atom is -0.495 e. The molecule has 0 bridgehead atoms. The summed E-state index contributed by atoms with van der Waals surface area (Å²) in [6, 6.07) is 9.57. The number of nitrogens with one attached hydrogen (secondary N) is 2. The minimum absolute atomic E-state index is 0. The SMILES string of the molecule is C.C.CC(C)(C)OC(=O)N1CCCNCC1.COc1cccc([N+](=O)[O-])c1Br.COc1cccc([N+](=O)[O-])c1N1CCCNCC1.Cl.Cl. The number of nitro groups is 2. The second-order valence-corrected chi connectivity index (χ2v) is 11.6. The van der Waals surface area contributed by atoms with Crippen LogP contribution < -0.4 is 25.0 Å². The fraction of sp³-hybridized carbons (Fsp3) is 0.581. The van der Waals surface area contributed by atoms with Crippen LogP contribution in [-0.2, 0) is 4.74 Å². The number of rotatable bonds is 5. The largest absolute Gasteiger partial charge is 0.495 e. The van der Waals surface area contributed by atoms with Crippen LogP contribution in [0.2, 0.25) is 0 Å². The van der Waals surface area contributed by atoms with Crippen LogP contribution in [0.3, 0.4) is 0 Å². The summed E-state index contributed by atoms with van der Waals surface area (Å²) >= 11 is 3.08. The zero-order valence-corrected chi connectivity index (χ0v) is 30.0. The normalized spacial score (nSPS) is 14.0. The highest BCUT2D eigenvalue weighted by atomic mass is 79.9. The minimum atomic E-state index is -0.466. The van der Waals surface area contributed by atoms with E-state index in [0.29, 0.717) is 21.7 Å². The lowest BCUT2D eigenvalue weighted by Crippen LogP contribution is -2.38. The number of amides is 1. The number of nitrogens with zero attached hydrogens (tertiary/aromatic N) is 4. The molecule has 2 aliphatic rings. The van der Waals surface area contributed by atoms with Gasteiger partial charge in [0.2, 0.25) is 0 Å². The number of nitro benzene ring substituents is 2. The van der Waals surface area contributed by atoms with E-state index >= 15 is 0 Å². The van der Waals surface area contributed by atoms with Crippen LogP contribution >= 0.6 is 40.7 Å². The fourth-order valence-electron chi connectivity index (χ4n) is 4.36. The molecule has 17 heteroatoms. The Labute approximate surface area is 305 Å². The van der Waals surface area contributed by atoms with Gasteiger partial charge in [-0.05, 0) is 74.8 Å². The van der Waals surface area contributed by atoms with Crippen molar-refractivity contribution < 1.29 is 28.9 Å². The van der Waals surface area contributed by atoms with Gasteiger partial charge in [0.15, 0.2) is 5.69 Å². The van der Waals surface area contributed by atoms with Crippen LogP contribution in [-0.4, -0.2) is 93.0 Å². The third kappa shape index (κ3) is 16.3. The van der Waals surface area contributed by atoms with Crippen molar-refractivity contribution in [1.82, 2.24) is 15.5 Å². The zero-order chi connectivity index (χ0) is 32.7. The maximum Gasteiger partial charge on any atom is 0.410 e. The Bertz CT molecular complexity index is 1240. The number of hydrogen-bond donors (Lipinski definition) is 2. The number of para-hydroxylation sites is 1. The Hall–Kier alpha value is -3.11. The molecule has 0 radical (unpaired) electrons. The van der Waals surface area contributed by atoms with Gasteiger partial charge in [0, 0.05) is 51.4 Å². The highest BCUT2D eigenvalue weighted by Crippen LogP contribution is 2.37. The molecule has 2 N–H and O–H groups in total. The van der Waals surface area contributed by atoms with Gasteiger partial charge in [0.05, 0.1) is 24.1 Å². The molecule has 2 fully saturated rings. The first-order valence-electron chi connectivity index (χ1n) is 14.3. The summed E-state index contributed by atoms with van der Waals surface area (Å²) < 4.78 is 15.8. The van der Waals surface area contributed by atoms with E-state index in [2.05, 4.69) is 26.6 Å². The first-order valence-corrected chi connectivity index (χ1v) is 15.1. The van der Waals surface area contributed by atoms with Gasteiger partial charge < -0.3 is 34.6 Å². The lowest BCUT2D eigenvalue weighted by molar-refractivity contribution is -0.385. The maximum absolute atomic E-state index is 11.6. The van der Waals surface area contributed by atoms with E-state index < -0.39 is 10.5 Å². The predicted molar refractivity (Wildman–Crippen MR) is 200 cm³/mol. The van der Waals surface area contributed by atoms with Crippen LogP contribution in [0.5, 0.6) is 11.5 Å². The van der Waals surface area contributed by atoms with Gasteiger partial charge >= 0.3 is 6.09 Å². The van der Waals surface area contributed by atoms with E-state index in [0.717, 1.165) is 65.2 Å². The number of hydrogen-bond acceptors (Lipinski definition) is 11. The van der Waals surface area contributed by atoms with Crippen molar-refractivity contribution in [2.75, 3.05) is 71.5 Å². The van der Waals surface area contributed by atoms with Gasteiger partial charge in [-0.15, -0.1) is 24.8 Å². The number of methoxy groups -OCH3 is 2. The molecule has 4 rings (SSSR count). The monoisotopic (exact) mass is 786 g/mol. The van der Waals surface area contributed by atoms with Gasteiger partial charge in [0.1, 0.15) is 21.6 Å². The molecular weight excluding hydrogens is 735 g/mol. The molecule has 1 amide bonds. The lowest BCUT2D eigenvalue weighted by Gasteiger charge is -2.26. The van der Waals surface area contributed by atoms with Gasteiger partial charge in [-0.25, -0.2) is 4.79 Å². The number of carbonyl (C=O) groups excluding carboxylic acids is 1. The molecule has 276 valence electrons. The van der Waals surface area contributed by atoms with Gasteiger partial charge in [-0.1, -0.05) is 27.0 Å². The maximum atomic E-state index is 11.6. The van der Waals surface area contributed by atoms with Crippen molar-refractivity contribution in [3.05, 3.63) is 61.1 Å². The fourth-order valence-corrected chi connectivity index (χ4v) is 4.93. The van der Waals surface area contributed by atoms with Crippen LogP contribution in [0, 0.1) is 20.2 Å². The quantitative estimate of drug-likeness (QED) is 0.235. The third-order valence-corrected chi connectivity index (χ3v) is 7.20. The van der Waals surface area contributed by atoms with Crippen molar-refractivity contribution in [2.45, 2.75) is 54.1 Å². The standard InChI is InChI=1S/C12H17N3O3.C10H20N2O2.C7H6BrNO3.2CH4.2ClH/c1-18-11-5-2-4-10(15(16)17)12(11)14-8-3-6-13-7-9-14;1-10(2,3)14-9(13)12-7-4-5-11-6-8-12;1-12-6-4-2-3-5(7(6)8)9(10)11;;;;/h2,4-5,13H,3,6-9H2,1H3;11H,4-8H2,1-3H3;2-4H,1H3;2*1H4;2*1H. The molecule has 2 aromatic rings. The molecule has 2 heterocycles. The molecule has 0 atom stereocenters. The molecule has 2 saturated heterocycles. The Morgan fingerprint density at radius 3 is 1.81 bits per heavy atom. The summed E-state index contributed by atoms with van der Waals surface area (Å²) in [5.41, 5.74) is 0.316. The first kappa shape index (κ1) is 49.3. The lowest BCUT2D eigenvalue weighted by atomic mass is 10.2. The van der Waals surface area contributed by atoms with Crippen molar-refractivity contribution in [2.24, 2.45) is 0 Å². The Morgan fingerprint density at radius 2 is 1.29 bits per heavy atom. The summed E-state index contributed by atoms with van der Waals surface area (Å²) in [6.45, 7) is 12.4. The zero-order valence-electron chi connectivity index (χ0n) is 26.8. The molecular formula is C31H53BrCl2N6O8. The molecule has 0 unspecified atom stereocenters. The number of carbonyl (C=O) groups is 1. The molecule has 2 aromatic carbocycles. The molecule has 2 aliphatic heterocycles. The first-order chi connectivity index (χ1) is 20.9. The van der Waals surface area contributed by atoms with E-state index in [1.165, 1.54) is 19.2 Å². The smallest absolute Gasteiger partial charge is 0.410 e. The van der Waals surface area contributed by atoms with Crippen molar-refractivity contribution in [1.29, 1.82) is 0 Å². The molecule has 48 heavy (non-hydrogen) atoms.